The largest absolute Gasteiger partial charge is 0.573 e. The van der Waals surface area contributed by atoms with Crippen LogP contribution in [0.1, 0.15) is 11.1 Å². The van der Waals surface area contributed by atoms with Crippen molar-refractivity contribution in [3.63, 3.8) is 0 Å². The third-order valence-corrected chi connectivity index (χ3v) is 5.92. The Labute approximate surface area is 173 Å². The Kier molecular flexibility index (Phi) is 5.87. The van der Waals surface area contributed by atoms with E-state index in [1.165, 1.54) is 30.0 Å². The maximum atomic E-state index is 12.4. The number of phenolic OH excluding ortho intramolecular Hbond substituents is 2. The van der Waals surface area contributed by atoms with Crippen LogP contribution in [-0.2, 0) is 6.54 Å². The van der Waals surface area contributed by atoms with Gasteiger partial charge in [-0.3, -0.25) is 0 Å². The summed E-state index contributed by atoms with van der Waals surface area (Å²) in [6, 6.07) is 7.35. The summed E-state index contributed by atoms with van der Waals surface area (Å²) in [5, 5.41) is 22.1. The highest BCUT2D eigenvalue weighted by Gasteiger charge is 2.31. The Morgan fingerprint density at radius 2 is 1.89 bits per heavy atom. The zero-order chi connectivity index (χ0) is 19.8. The first-order chi connectivity index (χ1) is 12.7. The van der Waals surface area contributed by atoms with Gasteiger partial charge in [-0.1, -0.05) is 12.1 Å². The molecule has 0 saturated heterocycles. The SMILES string of the molecule is Oc1c(Br)cc(C2=CSCN2Cc2cccc(OC(F)(F)F)c2)c(O)c1Br. The molecule has 2 aromatic carbocycles. The number of phenols is 2. The van der Waals surface area contributed by atoms with Gasteiger partial charge in [0.15, 0.2) is 0 Å². The molecule has 1 heterocycles. The van der Waals surface area contributed by atoms with Crippen molar-refractivity contribution in [2.45, 2.75) is 12.9 Å². The summed E-state index contributed by atoms with van der Waals surface area (Å²) in [7, 11) is 0. The summed E-state index contributed by atoms with van der Waals surface area (Å²) < 4.78 is 41.8. The second kappa shape index (κ2) is 7.84. The summed E-state index contributed by atoms with van der Waals surface area (Å²) in [6.07, 6.45) is -4.75. The minimum atomic E-state index is -4.75. The normalized spacial score (nSPS) is 14.4. The van der Waals surface area contributed by atoms with Crippen LogP contribution in [-0.4, -0.2) is 27.4 Å². The van der Waals surface area contributed by atoms with Crippen molar-refractivity contribution < 1.29 is 28.1 Å². The number of hydrogen-bond acceptors (Lipinski definition) is 5. The van der Waals surface area contributed by atoms with Gasteiger partial charge >= 0.3 is 6.36 Å². The molecule has 10 heteroatoms. The lowest BCUT2D eigenvalue weighted by Gasteiger charge is -2.23. The Morgan fingerprint density at radius 3 is 2.59 bits per heavy atom. The number of ether oxygens (including phenoxy) is 1. The first kappa shape index (κ1) is 20.2. The van der Waals surface area contributed by atoms with Gasteiger partial charge in [-0.05, 0) is 61.0 Å². The highest BCUT2D eigenvalue weighted by atomic mass is 79.9. The van der Waals surface area contributed by atoms with Gasteiger partial charge in [-0.15, -0.1) is 24.9 Å². The lowest BCUT2D eigenvalue weighted by Crippen LogP contribution is -2.19. The van der Waals surface area contributed by atoms with E-state index in [1.54, 1.807) is 12.1 Å². The third-order valence-electron chi connectivity index (χ3n) is 3.72. The van der Waals surface area contributed by atoms with Gasteiger partial charge in [0.1, 0.15) is 21.7 Å². The Bertz CT molecular complexity index is 906. The third kappa shape index (κ3) is 4.67. The Morgan fingerprint density at radius 1 is 1.15 bits per heavy atom. The van der Waals surface area contributed by atoms with Gasteiger partial charge in [0, 0.05) is 12.1 Å². The van der Waals surface area contributed by atoms with Crippen LogP contribution >= 0.6 is 43.6 Å². The monoisotopic (exact) mass is 525 g/mol. The van der Waals surface area contributed by atoms with E-state index in [-0.39, 0.29) is 21.7 Å². The van der Waals surface area contributed by atoms with E-state index < -0.39 is 6.36 Å². The van der Waals surface area contributed by atoms with Gasteiger partial charge in [0.2, 0.25) is 0 Å². The van der Waals surface area contributed by atoms with Crippen LogP contribution in [0.4, 0.5) is 13.2 Å². The van der Waals surface area contributed by atoms with Crippen molar-refractivity contribution in [2.75, 3.05) is 5.88 Å². The van der Waals surface area contributed by atoms with Crippen molar-refractivity contribution in [3.05, 3.63) is 55.8 Å². The fraction of sp³-hybridized carbons (Fsp3) is 0.176. The van der Waals surface area contributed by atoms with E-state index in [0.29, 0.717) is 33.7 Å². The lowest BCUT2D eigenvalue weighted by molar-refractivity contribution is -0.274. The summed E-state index contributed by atoms with van der Waals surface area (Å²) in [5.41, 5.74) is 1.81. The fourth-order valence-electron chi connectivity index (χ4n) is 2.57. The van der Waals surface area contributed by atoms with E-state index in [1.807, 2.05) is 10.3 Å². The van der Waals surface area contributed by atoms with Crippen molar-refractivity contribution in [3.8, 4) is 17.2 Å². The lowest BCUT2D eigenvalue weighted by atomic mass is 10.1. The molecule has 0 saturated carbocycles. The van der Waals surface area contributed by atoms with Crippen LogP contribution in [0.5, 0.6) is 17.2 Å². The van der Waals surface area contributed by atoms with Crippen molar-refractivity contribution >= 4 is 49.3 Å². The molecule has 3 rings (SSSR count). The molecule has 27 heavy (non-hydrogen) atoms. The van der Waals surface area contributed by atoms with Gasteiger partial charge < -0.3 is 19.8 Å². The smallest absolute Gasteiger partial charge is 0.506 e. The molecule has 1 aliphatic rings. The quantitative estimate of drug-likeness (QED) is 0.509. The predicted octanol–water partition coefficient (Wildman–Crippen LogP) is 6.03. The minimum Gasteiger partial charge on any atom is -0.506 e. The van der Waals surface area contributed by atoms with Crippen LogP contribution in [0.25, 0.3) is 5.70 Å². The highest BCUT2D eigenvalue weighted by molar-refractivity contribution is 9.11. The molecular weight excluding hydrogens is 515 g/mol. The number of hydrogen-bond donors (Lipinski definition) is 2. The van der Waals surface area contributed by atoms with E-state index >= 15 is 0 Å². The first-order valence-electron chi connectivity index (χ1n) is 7.47. The molecule has 1 aliphatic heterocycles. The molecule has 0 unspecified atom stereocenters. The van der Waals surface area contributed by atoms with E-state index in [4.69, 9.17) is 0 Å². The molecule has 0 aliphatic carbocycles. The highest BCUT2D eigenvalue weighted by Crippen LogP contribution is 2.46. The second-order valence-corrected chi connectivity index (χ2v) is 8.08. The number of rotatable bonds is 4. The summed E-state index contributed by atoms with van der Waals surface area (Å²) in [5.74, 6) is 0.0416. The number of thioether (sulfide) groups is 1. The summed E-state index contributed by atoms with van der Waals surface area (Å²) >= 11 is 7.87. The van der Waals surface area contributed by atoms with Gasteiger partial charge in [-0.25, -0.2) is 0 Å². The summed E-state index contributed by atoms with van der Waals surface area (Å²) in [6.45, 7) is 0.323. The topological polar surface area (TPSA) is 52.9 Å². The van der Waals surface area contributed by atoms with Crippen LogP contribution in [0.15, 0.2) is 44.7 Å². The van der Waals surface area contributed by atoms with Gasteiger partial charge in [0.05, 0.1) is 16.0 Å². The standard InChI is InChI=1S/C17H12Br2F3NO3S/c18-12-5-11(15(24)14(19)16(12)25)13-7-27-8-23(13)6-9-2-1-3-10(4-9)26-17(20,21)22/h1-5,7,24-25H,6,8H2. The second-order valence-electron chi connectivity index (χ2n) is 5.61. The molecule has 144 valence electrons. The van der Waals surface area contributed by atoms with Crippen LogP contribution in [0, 0.1) is 0 Å². The van der Waals surface area contributed by atoms with Crippen LogP contribution in [0.2, 0.25) is 0 Å². The number of nitrogens with zero attached hydrogens (tertiary/aromatic N) is 1. The maximum Gasteiger partial charge on any atom is 0.573 e. The summed E-state index contributed by atoms with van der Waals surface area (Å²) in [4.78, 5) is 1.91. The molecule has 0 fully saturated rings. The zero-order valence-corrected chi connectivity index (χ0v) is 17.4. The average molecular weight is 527 g/mol. The molecule has 4 nitrogen and oxygen atoms in total. The average Bonchev–Trinajstić information content (AvgIpc) is 3.03. The van der Waals surface area contributed by atoms with Crippen LogP contribution in [0.3, 0.4) is 0 Å². The molecule has 0 radical (unpaired) electrons. The van der Waals surface area contributed by atoms with Gasteiger partial charge in [-0.2, -0.15) is 0 Å². The number of alkyl halides is 3. The first-order valence-corrected chi connectivity index (χ1v) is 10.1. The molecule has 0 spiro atoms. The van der Waals surface area contributed by atoms with Crippen LogP contribution < -0.4 is 4.74 Å². The molecule has 2 N–H and O–H groups in total. The molecule has 0 aromatic heterocycles. The molecule has 0 bridgehead atoms. The molecule has 2 aromatic rings. The Hall–Kier alpha value is -1.52. The number of benzene rings is 2. The maximum absolute atomic E-state index is 12.4. The molecular formula is C17H12Br2F3NO3S. The van der Waals surface area contributed by atoms with Gasteiger partial charge in [0.25, 0.3) is 0 Å². The van der Waals surface area contributed by atoms with Crippen molar-refractivity contribution in [1.29, 1.82) is 0 Å². The zero-order valence-electron chi connectivity index (χ0n) is 13.4. The molecule has 0 atom stereocenters. The van der Waals surface area contributed by atoms with E-state index in [2.05, 4.69) is 36.6 Å². The number of halogens is 5. The van der Waals surface area contributed by atoms with Crippen molar-refractivity contribution in [1.82, 2.24) is 4.90 Å². The molecule has 0 amide bonds. The predicted molar refractivity (Wildman–Crippen MR) is 104 cm³/mol. The Balaban J connectivity index is 1.85. The van der Waals surface area contributed by atoms with Crippen molar-refractivity contribution in [2.24, 2.45) is 0 Å². The number of aromatic hydroxyl groups is 2. The fourth-order valence-corrected chi connectivity index (χ4v) is 4.61. The minimum absolute atomic E-state index is 0.119. The van der Waals surface area contributed by atoms with E-state index in [0.717, 1.165) is 0 Å². The van der Waals surface area contributed by atoms with E-state index in [9.17, 15) is 23.4 Å².